The zero-order chi connectivity index (χ0) is 10.8. The first-order valence-corrected chi connectivity index (χ1v) is 6.89. The number of rotatable bonds is 2. The summed E-state index contributed by atoms with van der Waals surface area (Å²) in [5.41, 5.74) is 5.60. The lowest BCUT2D eigenvalue weighted by Gasteiger charge is -2.01. The lowest BCUT2D eigenvalue weighted by atomic mass is 10.4. The minimum absolute atomic E-state index is 0.254. The molecule has 2 aromatic rings. The van der Waals surface area contributed by atoms with E-state index in [2.05, 4.69) is 30.9 Å². The second kappa shape index (κ2) is 4.46. The molecule has 0 aliphatic heterocycles. The van der Waals surface area contributed by atoms with Crippen molar-refractivity contribution in [2.24, 2.45) is 0 Å². The highest BCUT2D eigenvalue weighted by Crippen LogP contribution is 2.31. The molecule has 0 radical (unpaired) electrons. The molecule has 0 unspecified atom stereocenters. The third kappa shape index (κ3) is 2.30. The van der Waals surface area contributed by atoms with Gasteiger partial charge in [0.1, 0.15) is 0 Å². The van der Waals surface area contributed by atoms with E-state index in [0.29, 0.717) is 11.0 Å². The topological polar surface area (TPSA) is 64.7 Å². The lowest BCUT2D eigenvalue weighted by Crippen LogP contribution is -2.00. The zero-order valence-corrected chi connectivity index (χ0v) is 11.0. The molecule has 2 N–H and O–H groups in total. The number of anilines is 1. The van der Waals surface area contributed by atoms with E-state index >= 15 is 0 Å². The van der Waals surface area contributed by atoms with Gasteiger partial charge in [0.05, 0.1) is 4.88 Å². The summed E-state index contributed by atoms with van der Waals surface area (Å²) in [6.07, 6.45) is 1.90. The second-order valence-corrected chi connectivity index (χ2v) is 5.15. The van der Waals surface area contributed by atoms with Crippen molar-refractivity contribution < 1.29 is 0 Å². The summed E-state index contributed by atoms with van der Waals surface area (Å²) >= 11 is 6.45. The number of nitrogens with zero attached hydrogens (tertiary/aromatic N) is 3. The summed E-state index contributed by atoms with van der Waals surface area (Å²) in [4.78, 5) is 13.4. The Morgan fingerprint density at radius 2 is 2.20 bits per heavy atom. The Kier molecular flexibility index (Phi) is 3.22. The van der Waals surface area contributed by atoms with Gasteiger partial charge < -0.3 is 5.73 Å². The molecule has 0 spiro atoms. The van der Waals surface area contributed by atoms with Crippen LogP contribution in [0, 0.1) is 0 Å². The van der Waals surface area contributed by atoms with Gasteiger partial charge in [-0.15, -0.1) is 11.3 Å². The molecule has 0 saturated carbocycles. The maximum atomic E-state index is 5.60. The van der Waals surface area contributed by atoms with E-state index in [1.54, 1.807) is 11.3 Å². The van der Waals surface area contributed by atoms with Crippen molar-refractivity contribution in [2.75, 3.05) is 12.0 Å². The number of nitrogen functional groups attached to an aromatic ring is 1. The van der Waals surface area contributed by atoms with Crippen molar-refractivity contribution in [3.05, 3.63) is 15.9 Å². The number of aromatic nitrogens is 3. The summed E-state index contributed by atoms with van der Waals surface area (Å²) in [5, 5.41) is 2.61. The van der Waals surface area contributed by atoms with Gasteiger partial charge in [-0.25, -0.2) is 4.98 Å². The van der Waals surface area contributed by atoms with E-state index in [1.165, 1.54) is 11.8 Å². The first-order valence-electron chi connectivity index (χ1n) is 3.99. The van der Waals surface area contributed by atoms with Crippen LogP contribution in [0.5, 0.6) is 0 Å². The highest BCUT2D eigenvalue weighted by Gasteiger charge is 2.10. The molecule has 2 aromatic heterocycles. The van der Waals surface area contributed by atoms with Gasteiger partial charge in [0.2, 0.25) is 5.95 Å². The largest absolute Gasteiger partial charge is 0.368 e. The molecule has 0 aliphatic rings. The molecule has 2 rings (SSSR count). The average Bonchev–Trinajstić information content (AvgIpc) is 2.63. The Hall–Kier alpha value is -0.660. The van der Waals surface area contributed by atoms with E-state index in [9.17, 15) is 0 Å². The Bertz CT molecular complexity index is 485. The Morgan fingerprint density at radius 3 is 2.80 bits per heavy atom. The molecule has 78 valence electrons. The molecule has 0 aliphatic carbocycles. The van der Waals surface area contributed by atoms with Gasteiger partial charge in [-0.3, -0.25) is 0 Å². The van der Waals surface area contributed by atoms with Gasteiger partial charge in [0, 0.05) is 4.47 Å². The average molecular weight is 303 g/mol. The Labute approximate surface area is 103 Å². The van der Waals surface area contributed by atoms with Crippen molar-refractivity contribution in [3.8, 4) is 10.7 Å². The van der Waals surface area contributed by atoms with Crippen molar-refractivity contribution >= 4 is 45.0 Å². The highest BCUT2D eigenvalue weighted by atomic mass is 79.9. The second-order valence-electron chi connectivity index (χ2n) is 2.60. The van der Waals surface area contributed by atoms with Crippen molar-refractivity contribution in [3.63, 3.8) is 0 Å². The smallest absolute Gasteiger partial charge is 0.224 e. The summed E-state index contributed by atoms with van der Waals surface area (Å²) in [6.45, 7) is 0. The summed E-state index contributed by atoms with van der Waals surface area (Å²) in [7, 11) is 0. The number of hydrogen-bond acceptors (Lipinski definition) is 6. The fourth-order valence-electron chi connectivity index (χ4n) is 1.02. The first-order chi connectivity index (χ1) is 7.20. The van der Waals surface area contributed by atoms with Crippen LogP contribution in [0.2, 0.25) is 0 Å². The molecule has 7 heteroatoms. The van der Waals surface area contributed by atoms with Crippen molar-refractivity contribution in [1.29, 1.82) is 0 Å². The van der Waals surface area contributed by atoms with E-state index in [1.807, 2.05) is 17.7 Å². The number of nitrogens with two attached hydrogens (primary N) is 1. The number of halogens is 1. The molecular formula is C8H7BrN4S2. The molecule has 0 amide bonds. The van der Waals surface area contributed by atoms with Crippen LogP contribution in [0.4, 0.5) is 5.95 Å². The van der Waals surface area contributed by atoms with Crippen LogP contribution < -0.4 is 5.73 Å². The molecule has 2 heterocycles. The van der Waals surface area contributed by atoms with Crippen LogP contribution >= 0.6 is 39.0 Å². The van der Waals surface area contributed by atoms with Gasteiger partial charge in [0.15, 0.2) is 11.0 Å². The van der Waals surface area contributed by atoms with Crippen LogP contribution in [-0.2, 0) is 0 Å². The highest BCUT2D eigenvalue weighted by molar-refractivity contribution is 9.10. The predicted molar refractivity (Wildman–Crippen MR) is 67.0 cm³/mol. The first kappa shape index (κ1) is 10.8. The van der Waals surface area contributed by atoms with Crippen molar-refractivity contribution in [1.82, 2.24) is 15.0 Å². The summed E-state index contributed by atoms with van der Waals surface area (Å²) in [6, 6.07) is 1.96. The lowest BCUT2D eigenvalue weighted by molar-refractivity contribution is 0.929. The van der Waals surface area contributed by atoms with E-state index < -0.39 is 0 Å². The summed E-state index contributed by atoms with van der Waals surface area (Å²) < 4.78 is 0.977. The van der Waals surface area contributed by atoms with E-state index in [4.69, 9.17) is 5.73 Å². The normalized spacial score (nSPS) is 10.5. The SMILES string of the molecule is CSc1nc(N)nc(-c2sccc2Br)n1. The molecule has 0 atom stereocenters. The molecule has 0 fully saturated rings. The molecule has 0 saturated heterocycles. The molecule has 15 heavy (non-hydrogen) atoms. The zero-order valence-electron chi connectivity index (χ0n) is 7.77. The predicted octanol–water partition coefficient (Wildman–Crippen LogP) is 2.67. The number of thiophene rings is 1. The molecular weight excluding hydrogens is 296 g/mol. The fourth-order valence-corrected chi connectivity index (χ4v) is 2.86. The van der Waals surface area contributed by atoms with Crippen LogP contribution in [0.15, 0.2) is 21.1 Å². The molecule has 0 bridgehead atoms. The molecule has 4 nitrogen and oxygen atoms in total. The quantitative estimate of drug-likeness (QED) is 0.864. The van der Waals surface area contributed by atoms with Crippen LogP contribution in [0.3, 0.4) is 0 Å². The van der Waals surface area contributed by atoms with E-state index in [-0.39, 0.29) is 5.95 Å². The minimum atomic E-state index is 0.254. The summed E-state index contributed by atoms with van der Waals surface area (Å²) in [5.74, 6) is 0.873. The Balaban J connectivity index is 2.53. The van der Waals surface area contributed by atoms with Gasteiger partial charge in [-0.1, -0.05) is 11.8 Å². The third-order valence-corrected chi connectivity index (χ3v) is 4.02. The van der Waals surface area contributed by atoms with Crippen molar-refractivity contribution in [2.45, 2.75) is 5.16 Å². The Morgan fingerprint density at radius 1 is 1.40 bits per heavy atom. The fraction of sp³-hybridized carbons (Fsp3) is 0.125. The number of thioether (sulfide) groups is 1. The van der Waals surface area contributed by atoms with Crippen LogP contribution in [0.1, 0.15) is 0 Å². The standard InChI is InChI=1S/C8H7BrN4S2/c1-14-8-12-6(11-7(10)13-8)5-4(9)2-3-15-5/h2-3H,1H3,(H2,10,11,12,13). The van der Waals surface area contributed by atoms with Gasteiger partial charge >= 0.3 is 0 Å². The van der Waals surface area contributed by atoms with Gasteiger partial charge in [0.25, 0.3) is 0 Å². The molecule has 0 aromatic carbocycles. The minimum Gasteiger partial charge on any atom is -0.368 e. The monoisotopic (exact) mass is 302 g/mol. The third-order valence-electron chi connectivity index (χ3n) is 1.64. The number of hydrogen-bond donors (Lipinski definition) is 1. The van der Waals surface area contributed by atoms with Gasteiger partial charge in [-0.2, -0.15) is 9.97 Å². The van der Waals surface area contributed by atoms with Crippen LogP contribution in [-0.4, -0.2) is 21.2 Å². The van der Waals surface area contributed by atoms with Crippen LogP contribution in [0.25, 0.3) is 10.7 Å². The van der Waals surface area contributed by atoms with Gasteiger partial charge in [-0.05, 0) is 33.6 Å². The van der Waals surface area contributed by atoms with E-state index in [0.717, 1.165) is 9.35 Å². The maximum Gasteiger partial charge on any atom is 0.224 e. The maximum absolute atomic E-state index is 5.60.